The van der Waals surface area contributed by atoms with Crippen LogP contribution in [0.4, 0.5) is 33.3 Å². The molecule has 5 aromatic rings. The Morgan fingerprint density at radius 2 is 1.60 bits per heavy atom. The summed E-state index contributed by atoms with van der Waals surface area (Å²) in [5.74, 6) is -5.20. The number of aryl methyl sites for hydroxylation is 2. The highest BCUT2D eigenvalue weighted by molar-refractivity contribution is 6.31. The van der Waals surface area contributed by atoms with Gasteiger partial charge in [-0.1, -0.05) is 23.7 Å². The molecule has 0 saturated carbocycles. The van der Waals surface area contributed by atoms with E-state index in [-0.39, 0.29) is 39.1 Å². The summed E-state index contributed by atoms with van der Waals surface area (Å²) in [6, 6.07) is 11.2. The van der Waals surface area contributed by atoms with Crippen molar-refractivity contribution in [3.8, 4) is 28.4 Å². The van der Waals surface area contributed by atoms with Crippen LogP contribution in [0, 0.1) is 25.5 Å². The molecule has 13 heteroatoms. The first kappa shape index (κ1) is 29.5. The molecule has 0 aliphatic carbocycles. The van der Waals surface area contributed by atoms with Crippen molar-refractivity contribution in [3.63, 3.8) is 0 Å². The van der Waals surface area contributed by atoms with E-state index in [4.69, 9.17) is 11.6 Å². The van der Waals surface area contributed by atoms with E-state index in [2.05, 4.69) is 10.2 Å². The highest BCUT2D eigenvalue weighted by Crippen LogP contribution is 2.47. The lowest BCUT2D eigenvalue weighted by atomic mass is 10.0. The van der Waals surface area contributed by atoms with Crippen molar-refractivity contribution < 1.29 is 42.1 Å². The highest BCUT2D eigenvalue weighted by atomic mass is 35.5. The highest BCUT2D eigenvalue weighted by Gasteiger charge is 2.34. The van der Waals surface area contributed by atoms with Crippen LogP contribution in [0.2, 0.25) is 5.02 Å². The van der Waals surface area contributed by atoms with Crippen LogP contribution < -0.4 is 0 Å². The molecule has 1 heterocycles. The standard InChI is InChI=1S/C30H19ClF5N3O4/c1-13-3-5-18(7-14(13)2)39-24-10-16(30(34,35)36)9-22(33)25(24)26(28(39)41)38-37-23-12-17(31)11-19(27(23)40)15-4-6-21(32)20(8-15)29(42)43/h3-12,40-41H,1-2H3,(H,42,43). The van der Waals surface area contributed by atoms with Crippen LogP contribution in [0.5, 0.6) is 11.6 Å². The molecule has 0 spiro atoms. The maximum atomic E-state index is 15.3. The lowest BCUT2D eigenvalue weighted by molar-refractivity contribution is -0.137. The van der Waals surface area contributed by atoms with Crippen molar-refractivity contribution in [3.05, 3.63) is 99.6 Å². The van der Waals surface area contributed by atoms with E-state index >= 15 is 4.39 Å². The van der Waals surface area contributed by atoms with Crippen molar-refractivity contribution in [1.29, 1.82) is 0 Å². The van der Waals surface area contributed by atoms with Gasteiger partial charge in [0.2, 0.25) is 5.88 Å². The van der Waals surface area contributed by atoms with Crippen LogP contribution in [0.1, 0.15) is 27.0 Å². The van der Waals surface area contributed by atoms with Crippen LogP contribution in [0.25, 0.3) is 27.7 Å². The van der Waals surface area contributed by atoms with Gasteiger partial charge >= 0.3 is 12.1 Å². The maximum absolute atomic E-state index is 15.3. The van der Waals surface area contributed by atoms with E-state index in [0.29, 0.717) is 6.07 Å². The van der Waals surface area contributed by atoms with E-state index in [1.165, 1.54) is 18.2 Å². The largest absolute Gasteiger partial charge is 0.505 e. The molecular weight excluding hydrogens is 597 g/mol. The predicted octanol–water partition coefficient (Wildman–Crippen LogP) is 9.39. The van der Waals surface area contributed by atoms with Gasteiger partial charge in [-0.2, -0.15) is 13.2 Å². The number of phenolic OH excluding ortho intramolecular Hbond substituents is 1. The van der Waals surface area contributed by atoms with Gasteiger partial charge in [0.1, 0.15) is 17.3 Å². The van der Waals surface area contributed by atoms with Crippen molar-refractivity contribution in [2.45, 2.75) is 20.0 Å². The maximum Gasteiger partial charge on any atom is 0.416 e. The molecule has 5 rings (SSSR count). The number of aromatic hydroxyl groups is 2. The minimum atomic E-state index is -4.89. The second-order valence-corrected chi connectivity index (χ2v) is 10.1. The Hall–Kier alpha value is -4.97. The molecule has 0 aliphatic rings. The molecule has 0 fully saturated rings. The number of aromatic carboxylic acids is 1. The van der Waals surface area contributed by atoms with Crippen LogP contribution in [0.3, 0.4) is 0 Å². The number of alkyl halides is 3. The molecule has 0 aliphatic heterocycles. The minimum Gasteiger partial charge on any atom is -0.505 e. The van der Waals surface area contributed by atoms with Gasteiger partial charge in [0.25, 0.3) is 0 Å². The van der Waals surface area contributed by atoms with Gasteiger partial charge in [0.15, 0.2) is 11.4 Å². The van der Waals surface area contributed by atoms with Gasteiger partial charge in [-0.05, 0) is 79.1 Å². The van der Waals surface area contributed by atoms with E-state index in [9.17, 15) is 37.7 Å². The number of benzene rings is 4. The van der Waals surface area contributed by atoms with Crippen molar-refractivity contribution >= 4 is 39.8 Å². The summed E-state index contributed by atoms with van der Waals surface area (Å²) in [6.45, 7) is 3.57. The molecule has 0 saturated heterocycles. The lowest BCUT2D eigenvalue weighted by Gasteiger charge is -2.11. The topological polar surface area (TPSA) is 107 Å². The number of phenols is 1. The quantitative estimate of drug-likeness (QED) is 0.135. The first-order chi connectivity index (χ1) is 20.2. The number of aromatic nitrogens is 1. The first-order valence-electron chi connectivity index (χ1n) is 12.4. The van der Waals surface area contributed by atoms with Crippen LogP contribution in [-0.4, -0.2) is 25.9 Å². The number of halogens is 6. The fraction of sp³-hybridized carbons (Fsp3) is 0.100. The number of carboxylic acid groups (broad SMARTS) is 1. The molecule has 3 N–H and O–H groups in total. The summed E-state index contributed by atoms with van der Waals surface area (Å²) in [5, 5.41) is 38.7. The molecular formula is C30H19ClF5N3O4. The molecule has 0 amide bonds. The monoisotopic (exact) mass is 615 g/mol. The van der Waals surface area contributed by atoms with E-state index in [1.54, 1.807) is 19.1 Å². The van der Waals surface area contributed by atoms with E-state index in [0.717, 1.165) is 33.9 Å². The van der Waals surface area contributed by atoms with Crippen molar-refractivity contribution in [1.82, 2.24) is 4.57 Å². The minimum absolute atomic E-state index is 0.00858. The Morgan fingerprint density at radius 1 is 0.884 bits per heavy atom. The summed E-state index contributed by atoms with van der Waals surface area (Å²) in [4.78, 5) is 11.4. The third-order valence-corrected chi connectivity index (χ3v) is 7.09. The number of hydrogen-bond acceptors (Lipinski definition) is 5. The third-order valence-electron chi connectivity index (χ3n) is 6.87. The zero-order valence-corrected chi connectivity index (χ0v) is 22.9. The second-order valence-electron chi connectivity index (χ2n) is 9.65. The number of fused-ring (bicyclic) bond motifs is 1. The average Bonchev–Trinajstić information content (AvgIpc) is 3.21. The molecule has 0 radical (unpaired) electrons. The van der Waals surface area contributed by atoms with Gasteiger partial charge in [-0.15, -0.1) is 10.2 Å². The Kier molecular flexibility index (Phi) is 7.34. The molecule has 0 bridgehead atoms. The van der Waals surface area contributed by atoms with Gasteiger partial charge in [0, 0.05) is 16.3 Å². The van der Waals surface area contributed by atoms with Crippen molar-refractivity contribution in [2.75, 3.05) is 0 Å². The number of nitrogens with zero attached hydrogens (tertiary/aromatic N) is 3. The predicted molar refractivity (Wildman–Crippen MR) is 149 cm³/mol. The van der Waals surface area contributed by atoms with Gasteiger partial charge in [-0.3, -0.25) is 4.57 Å². The molecule has 43 heavy (non-hydrogen) atoms. The Morgan fingerprint density at radius 3 is 2.26 bits per heavy atom. The van der Waals surface area contributed by atoms with Crippen LogP contribution >= 0.6 is 11.6 Å². The van der Waals surface area contributed by atoms with E-state index < -0.39 is 57.6 Å². The average molecular weight is 616 g/mol. The fourth-order valence-electron chi connectivity index (χ4n) is 4.56. The van der Waals surface area contributed by atoms with Crippen LogP contribution in [0.15, 0.2) is 70.9 Å². The number of azo groups is 1. The second kappa shape index (κ2) is 10.7. The van der Waals surface area contributed by atoms with Gasteiger partial charge in [0.05, 0.1) is 22.0 Å². The smallest absolute Gasteiger partial charge is 0.416 e. The summed E-state index contributed by atoms with van der Waals surface area (Å²) >= 11 is 6.19. The van der Waals surface area contributed by atoms with Crippen molar-refractivity contribution in [2.24, 2.45) is 10.2 Å². The van der Waals surface area contributed by atoms with Gasteiger partial charge < -0.3 is 15.3 Å². The van der Waals surface area contributed by atoms with Crippen LogP contribution in [-0.2, 0) is 6.18 Å². The van der Waals surface area contributed by atoms with E-state index in [1.807, 2.05) is 6.92 Å². The molecule has 4 aromatic carbocycles. The lowest BCUT2D eigenvalue weighted by Crippen LogP contribution is -2.06. The Bertz CT molecular complexity index is 1990. The van der Waals surface area contributed by atoms with Gasteiger partial charge in [-0.25, -0.2) is 13.6 Å². The normalized spacial score (nSPS) is 12.0. The molecule has 220 valence electrons. The third kappa shape index (κ3) is 5.37. The number of hydrogen-bond donors (Lipinski definition) is 3. The zero-order chi connectivity index (χ0) is 31.4. The zero-order valence-electron chi connectivity index (χ0n) is 22.1. The SMILES string of the molecule is Cc1ccc(-n2c(O)c(N=Nc3cc(Cl)cc(-c4ccc(F)c(C(=O)O)c4)c3O)c3c(F)cc(C(F)(F)F)cc32)cc1C. The number of rotatable bonds is 5. The molecule has 0 unspecified atom stereocenters. The summed E-state index contributed by atoms with van der Waals surface area (Å²) in [7, 11) is 0. The number of carbonyl (C=O) groups is 1. The first-order valence-corrected chi connectivity index (χ1v) is 12.7. The summed E-state index contributed by atoms with van der Waals surface area (Å²) < 4.78 is 71.0. The molecule has 7 nitrogen and oxygen atoms in total. The summed E-state index contributed by atoms with van der Waals surface area (Å²) in [5.41, 5.74) is -1.30. The Labute approximate surface area is 244 Å². The summed E-state index contributed by atoms with van der Waals surface area (Å²) in [6.07, 6.45) is -4.89. The fourth-order valence-corrected chi connectivity index (χ4v) is 4.77. The Balaban J connectivity index is 1.72. The molecule has 1 aromatic heterocycles. The molecule has 0 atom stereocenters. The number of carboxylic acids is 1.